The van der Waals surface area contributed by atoms with Crippen LogP contribution in [0.15, 0.2) is 24.3 Å². The normalized spacial score (nSPS) is 34.3. The molecule has 3 N–H and O–H groups in total. The number of halogens is 1. The second kappa shape index (κ2) is 6.27. The highest BCUT2D eigenvalue weighted by Gasteiger charge is 2.56. The molecule has 0 radical (unpaired) electrons. The van der Waals surface area contributed by atoms with Crippen LogP contribution >= 0.6 is 11.6 Å². The Morgan fingerprint density at radius 1 is 1.32 bits per heavy atom. The Kier molecular flexibility index (Phi) is 4.22. The van der Waals surface area contributed by atoms with E-state index in [4.69, 9.17) is 11.6 Å². The lowest BCUT2D eigenvalue weighted by molar-refractivity contribution is -0.149. The highest BCUT2D eigenvalue weighted by molar-refractivity contribution is 6.31. The number of hydrazine groups is 1. The van der Waals surface area contributed by atoms with E-state index < -0.39 is 11.4 Å². The number of amides is 1. The molecule has 25 heavy (non-hydrogen) atoms. The first-order chi connectivity index (χ1) is 12.0. The van der Waals surface area contributed by atoms with Crippen molar-refractivity contribution >= 4 is 23.5 Å². The molecule has 4 atom stereocenters. The van der Waals surface area contributed by atoms with Gasteiger partial charge in [-0.2, -0.15) is 0 Å². The van der Waals surface area contributed by atoms with Gasteiger partial charge < -0.3 is 10.0 Å². The van der Waals surface area contributed by atoms with Crippen LogP contribution in [0.4, 0.5) is 0 Å². The molecule has 4 rings (SSSR count). The summed E-state index contributed by atoms with van der Waals surface area (Å²) in [5, 5.41) is 10.4. The first-order valence-electron chi connectivity index (χ1n) is 8.78. The molecule has 6 nitrogen and oxygen atoms in total. The molecule has 2 saturated heterocycles. The molecule has 134 valence electrons. The molecular formula is C18H22ClN3O3. The average molecular weight is 364 g/mol. The van der Waals surface area contributed by atoms with E-state index in [0.29, 0.717) is 31.1 Å². The molecule has 1 aliphatic carbocycles. The van der Waals surface area contributed by atoms with Gasteiger partial charge in [0.15, 0.2) is 0 Å². The van der Waals surface area contributed by atoms with Crippen molar-refractivity contribution in [2.45, 2.75) is 25.3 Å². The molecule has 1 amide bonds. The number of nitrogens with one attached hydrogen (secondary N) is 2. The fraction of sp³-hybridized carbons (Fsp3) is 0.556. The SMILES string of the molecule is O=C(C1CNNC1c1ccccc1Cl)N1C[C@@H]2CCC[C@@]2(C(=O)O)C1. The molecule has 0 bridgehead atoms. The highest BCUT2D eigenvalue weighted by atomic mass is 35.5. The first kappa shape index (κ1) is 16.8. The number of carboxylic acids is 1. The Morgan fingerprint density at radius 2 is 2.12 bits per heavy atom. The zero-order valence-electron chi connectivity index (χ0n) is 13.9. The molecule has 2 unspecified atom stereocenters. The van der Waals surface area contributed by atoms with E-state index in [2.05, 4.69) is 10.9 Å². The van der Waals surface area contributed by atoms with Gasteiger partial charge in [-0.1, -0.05) is 36.2 Å². The summed E-state index contributed by atoms with van der Waals surface area (Å²) in [4.78, 5) is 26.8. The maximum atomic E-state index is 13.1. The van der Waals surface area contributed by atoms with E-state index >= 15 is 0 Å². The van der Waals surface area contributed by atoms with Crippen molar-refractivity contribution in [2.75, 3.05) is 19.6 Å². The van der Waals surface area contributed by atoms with Gasteiger partial charge in [-0.05, 0) is 30.4 Å². The lowest BCUT2D eigenvalue weighted by Gasteiger charge is -2.26. The summed E-state index contributed by atoms with van der Waals surface area (Å²) in [6, 6.07) is 7.30. The standard InChI is InChI=1S/C18H22ClN3O3/c19-14-6-2-1-5-12(14)15-13(8-20-21-15)16(23)22-9-11-4-3-7-18(11,10-22)17(24)25/h1-2,5-6,11,13,15,20-21H,3-4,7-10H2,(H,24,25)/t11-,13?,15?,18+/m0/s1. The summed E-state index contributed by atoms with van der Waals surface area (Å²) in [5.41, 5.74) is 6.36. The first-order valence-corrected chi connectivity index (χ1v) is 9.16. The van der Waals surface area contributed by atoms with E-state index in [1.54, 1.807) is 4.90 Å². The maximum absolute atomic E-state index is 13.1. The largest absolute Gasteiger partial charge is 0.481 e. The molecule has 3 fully saturated rings. The Labute approximate surface area is 151 Å². The van der Waals surface area contributed by atoms with E-state index in [9.17, 15) is 14.7 Å². The van der Waals surface area contributed by atoms with E-state index in [-0.39, 0.29) is 23.8 Å². The zero-order chi connectivity index (χ0) is 17.6. The average Bonchev–Trinajstić information content (AvgIpc) is 3.28. The monoisotopic (exact) mass is 363 g/mol. The third-order valence-corrected chi connectivity index (χ3v) is 6.49. The van der Waals surface area contributed by atoms with Crippen molar-refractivity contribution in [3.63, 3.8) is 0 Å². The molecule has 2 heterocycles. The summed E-state index contributed by atoms with van der Waals surface area (Å²) in [5.74, 6) is -0.951. The quantitative estimate of drug-likeness (QED) is 0.763. The van der Waals surface area contributed by atoms with Crippen molar-refractivity contribution < 1.29 is 14.7 Å². The zero-order valence-corrected chi connectivity index (χ0v) is 14.6. The number of carbonyl (C=O) groups excluding carboxylic acids is 1. The third kappa shape index (κ3) is 2.63. The molecule has 1 aromatic rings. The summed E-state index contributed by atoms with van der Waals surface area (Å²) in [7, 11) is 0. The van der Waals surface area contributed by atoms with Crippen LogP contribution in [0.2, 0.25) is 5.02 Å². The lowest BCUT2D eigenvalue weighted by atomic mass is 9.81. The van der Waals surface area contributed by atoms with Gasteiger partial charge in [0.1, 0.15) is 0 Å². The van der Waals surface area contributed by atoms with Crippen molar-refractivity contribution in [1.82, 2.24) is 15.8 Å². The van der Waals surface area contributed by atoms with Crippen LogP contribution in [0.25, 0.3) is 0 Å². The number of likely N-dealkylation sites (tertiary alicyclic amines) is 1. The molecule has 1 saturated carbocycles. The highest BCUT2D eigenvalue weighted by Crippen LogP contribution is 2.49. The second-order valence-electron chi connectivity index (χ2n) is 7.40. The fourth-order valence-electron chi connectivity index (χ4n) is 4.79. The molecule has 2 aliphatic heterocycles. The van der Waals surface area contributed by atoms with Crippen LogP contribution in [-0.4, -0.2) is 41.5 Å². The van der Waals surface area contributed by atoms with E-state index in [1.807, 2.05) is 24.3 Å². The summed E-state index contributed by atoms with van der Waals surface area (Å²) in [6.07, 6.45) is 2.50. The minimum Gasteiger partial charge on any atom is -0.481 e. The summed E-state index contributed by atoms with van der Waals surface area (Å²) < 4.78 is 0. The molecule has 0 spiro atoms. The van der Waals surface area contributed by atoms with Gasteiger partial charge in [0.2, 0.25) is 5.91 Å². The smallest absolute Gasteiger partial charge is 0.311 e. The minimum atomic E-state index is -0.754. The number of carboxylic acid groups (broad SMARTS) is 1. The van der Waals surface area contributed by atoms with Crippen LogP contribution in [-0.2, 0) is 9.59 Å². The Balaban J connectivity index is 1.55. The number of rotatable bonds is 3. The fourth-order valence-corrected chi connectivity index (χ4v) is 5.04. The van der Waals surface area contributed by atoms with Crippen molar-refractivity contribution in [3.8, 4) is 0 Å². The minimum absolute atomic E-state index is 0.0115. The van der Waals surface area contributed by atoms with Gasteiger partial charge in [-0.3, -0.25) is 15.0 Å². The van der Waals surface area contributed by atoms with Gasteiger partial charge in [0.25, 0.3) is 0 Å². The Bertz CT molecular complexity index is 713. The predicted molar refractivity (Wildman–Crippen MR) is 92.8 cm³/mol. The molecule has 1 aromatic carbocycles. The van der Waals surface area contributed by atoms with Crippen LogP contribution in [0.1, 0.15) is 30.9 Å². The number of hydrogen-bond donors (Lipinski definition) is 3. The van der Waals surface area contributed by atoms with Gasteiger partial charge >= 0.3 is 5.97 Å². The summed E-state index contributed by atoms with van der Waals surface area (Å²) >= 11 is 6.31. The van der Waals surface area contributed by atoms with Gasteiger partial charge in [0.05, 0.1) is 17.4 Å². The number of carbonyl (C=O) groups is 2. The molecular weight excluding hydrogens is 342 g/mol. The molecule has 7 heteroatoms. The van der Waals surface area contributed by atoms with Gasteiger partial charge in [0, 0.05) is 24.7 Å². The van der Waals surface area contributed by atoms with Crippen LogP contribution in [0.5, 0.6) is 0 Å². The van der Waals surface area contributed by atoms with Crippen molar-refractivity contribution in [1.29, 1.82) is 0 Å². The Hall–Kier alpha value is -1.63. The van der Waals surface area contributed by atoms with Crippen LogP contribution in [0.3, 0.4) is 0 Å². The number of nitrogens with zero attached hydrogens (tertiary/aromatic N) is 1. The van der Waals surface area contributed by atoms with E-state index in [0.717, 1.165) is 18.4 Å². The van der Waals surface area contributed by atoms with Gasteiger partial charge in [-0.15, -0.1) is 0 Å². The van der Waals surface area contributed by atoms with E-state index in [1.165, 1.54) is 0 Å². The maximum Gasteiger partial charge on any atom is 0.311 e. The summed E-state index contributed by atoms with van der Waals surface area (Å²) in [6.45, 7) is 1.39. The third-order valence-electron chi connectivity index (χ3n) is 6.15. The van der Waals surface area contributed by atoms with Crippen molar-refractivity contribution in [2.24, 2.45) is 17.3 Å². The Morgan fingerprint density at radius 3 is 2.84 bits per heavy atom. The van der Waals surface area contributed by atoms with Crippen LogP contribution in [0, 0.1) is 17.3 Å². The number of fused-ring (bicyclic) bond motifs is 1. The number of benzene rings is 1. The second-order valence-corrected chi connectivity index (χ2v) is 7.81. The molecule has 0 aromatic heterocycles. The van der Waals surface area contributed by atoms with Crippen molar-refractivity contribution in [3.05, 3.63) is 34.9 Å². The number of hydrogen-bond acceptors (Lipinski definition) is 4. The van der Waals surface area contributed by atoms with Crippen LogP contribution < -0.4 is 10.9 Å². The molecule has 3 aliphatic rings. The number of aliphatic carboxylic acids is 1. The predicted octanol–water partition coefficient (Wildman–Crippen LogP) is 1.82. The lowest BCUT2D eigenvalue weighted by Crippen LogP contribution is -2.41. The van der Waals surface area contributed by atoms with Gasteiger partial charge in [-0.25, -0.2) is 5.43 Å². The topological polar surface area (TPSA) is 81.7 Å².